The lowest BCUT2D eigenvalue weighted by Gasteiger charge is -2.04. The van der Waals surface area contributed by atoms with Crippen molar-refractivity contribution in [3.05, 3.63) is 12.2 Å². The van der Waals surface area contributed by atoms with E-state index in [9.17, 15) is 9.59 Å². The Morgan fingerprint density at radius 1 is 1.27 bits per heavy atom. The van der Waals surface area contributed by atoms with Gasteiger partial charge in [0.15, 0.2) is 0 Å². The molecule has 0 bridgehead atoms. The second-order valence-corrected chi connectivity index (χ2v) is 3.01. The van der Waals surface area contributed by atoms with E-state index in [1.54, 1.807) is 0 Å². The zero-order chi connectivity index (χ0) is 11.5. The molecule has 0 heterocycles. The van der Waals surface area contributed by atoms with Gasteiger partial charge in [0.05, 0.1) is 0 Å². The highest BCUT2D eigenvalue weighted by Gasteiger charge is 1.99. The molecular formula is C10H18N2O3. The highest BCUT2D eigenvalue weighted by atomic mass is 16.4. The van der Waals surface area contributed by atoms with E-state index < -0.39 is 5.97 Å². The number of carboxylic acids is 1. The first kappa shape index (κ1) is 13.5. The fourth-order valence-electron chi connectivity index (χ4n) is 0.906. The standard InChI is InChI=1S/C10H18N2O3/c1-2-3-4-7-11-10(15)12-8-5-6-9(13)14/h3-4H,2,5-8H2,1H3,(H,13,14)(H2,11,12,15)/b4-3+. The van der Waals surface area contributed by atoms with Crippen LogP contribution in [0.4, 0.5) is 4.79 Å². The summed E-state index contributed by atoms with van der Waals surface area (Å²) in [5.74, 6) is -0.844. The van der Waals surface area contributed by atoms with Crippen LogP contribution >= 0.6 is 0 Å². The first-order valence-corrected chi connectivity index (χ1v) is 5.05. The summed E-state index contributed by atoms with van der Waals surface area (Å²) in [5.41, 5.74) is 0. The van der Waals surface area contributed by atoms with Gasteiger partial charge in [-0.15, -0.1) is 0 Å². The maximum absolute atomic E-state index is 11.0. The van der Waals surface area contributed by atoms with Crippen molar-refractivity contribution in [2.75, 3.05) is 13.1 Å². The Balaban J connectivity index is 3.33. The lowest BCUT2D eigenvalue weighted by atomic mass is 10.3. The maximum Gasteiger partial charge on any atom is 0.315 e. The van der Waals surface area contributed by atoms with E-state index >= 15 is 0 Å². The molecule has 0 saturated carbocycles. The van der Waals surface area contributed by atoms with Gasteiger partial charge < -0.3 is 15.7 Å². The predicted octanol–water partition coefficient (Wildman–Crippen LogP) is 1.12. The van der Waals surface area contributed by atoms with E-state index in [1.807, 2.05) is 19.1 Å². The normalized spacial score (nSPS) is 10.2. The number of aliphatic carboxylic acids is 1. The van der Waals surface area contributed by atoms with Crippen LogP contribution in [0.1, 0.15) is 26.2 Å². The third-order valence-electron chi connectivity index (χ3n) is 1.64. The van der Waals surface area contributed by atoms with Gasteiger partial charge in [0.2, 0.25) is 0 Å². The molecule has 0 rings (SSSR count). The van der Waals surface area contributed by atoms with Crippen molar-refractivity contribution in [3.63, 3.8) is 0 Å². The number of allylic oxidation sites excluding steroid dienone is 1. The van der Waals surface area contributed by atoms with Crippen LogP contribution in [0.3, 0.4) is 0 Å². The molecule has 5 nitrogen and oxygen atoms in total. The van der Waals surface area contributed by atoms with Crippen LogP contribution in [0.2, 0.25) is 0 Å². The van der Waals surface area contributed by atoms with E-state index in [0.717, 1.165) is 6.42 Å². The van der Waals surface area contributed by atoms with Gasteiger partial charge in [0.1, 0.15) is 0 Å². The maximum atomic E-state index is 11.0. The quantitative estimate of drug-likeness (QED) is 0.439. The number of hydrogen-bond acceptors (Lipinski definition) is 2. The molecule has 0 unspecified atom stereocenters. The van der Waals surface area contributed by atoms with Gasteiger partial charge >= 0.3 is 12.0 Å². The monoisotopic (exact) mass is 214 g/mol. The molecule has 86 valence electrons. The molecule has 5 heteroatoms. The molecule has 0 aliphatic heterocycles. The number of rotatable bonds is 7. The van der Waals surface area contributed by atoms with Gasteiger partial charge in [-0.05, 0) is 12.8 Å². The largest absolute Gasteiger partial charge is 0.481 e. The summed E-state index contributed by atoms with van der Waals surface area (Å²) >= 11 is 0. The summed E-state index contributed by atoms with van der Waals surface area (Å²) in [6, 6.07) is -0.263. The van der Waals surface area contributed by atoms with Crippen LogP contribution in [0.15, 0.2) is 12.2 Å². The molecule has 0 aliphatic carbocycles. The van der Waals surface area contributed by atoms with Gasteiger partial charge in [-0.1, -0.05) is 19.1 Å². The average Bonchev–Trinajstić information content (AvgIpc) is 2.19. The van der Waals surface area contributed by atoms with Crippen LogP contribution in [0.5, 0.6) is 0 Å². The van der Waals surface area contributed by atoms with E-state index in [0.29, 0.717) is 19.5 Å². The molecule has 0 aromatic carbocycles. The summed E-state index contributed by atoms with van der Waals surface area (Å²) < 4.78 is 0. The van der Waals surface area contributed by atoms with Gasteiger partial charge in [0.25, 0.3) is 0 Å². The molecule has 0 radical (unpaired) electrons. The Kier molecular flexibility index (Phi) is 8.13. The number of urea groups is 1. The summed E-state index contributed by atoms with van der Waals surface area (Å²) in [6.45, 7) is 2.90. The van der Waals surface area contributed by atoms with Crippen molar-refractivity contribution in [3.8, 4) is 0 Å². The average molecular weight is 214 g/mol. The third kappa shape index (κ3) is 10.4. The van der Waals surface area contributed by atoms with E-state index in [-0.39, 0.29) is 12.5 Å². The number of amides is 2. The van der Waals surface area contributed by atoms with Gasteiger partial charge in [-0.25, -0.2) is 4.79 Å². The fourth-order valence-corrected chi connectivity index (χ4v) is 0.906. The first-order chi connectivity index (χ1) is 7.16. The number of nitrogens with one attached hydrogen (secondary N) is 2. The van der Waals surface area contributed by atoms with Crippen LogP contribution in [0, 0.1) is 0 Å². The van der Waals surface area contributed by atoms with Gasteiger partial charge in [0, 0.05) is 19.5 Å². The molecule has 2 amide bonds. The Morgan fingerprint density at radius 2 is 2.00 bits per heavy atom. The van der Waals surface area contributed by atoms with Gasteiger partial charge in [-0.3, -0.25) is 4.79 Å². The molecule has 0 saturated heterocycles. The number of carboxylic acid groups (broad SMARTS) is 1. The fraction of sp³-hybridized carbons (Fsp3) is 0.600. The summed E-state index contributed by atoms with van der Waals surface area (Å²) in [5, 5.41) is 13.5. The zero-order valence-corrected chi connectivity index (χ0v) is 8.95. The highest BCUT2D eigenvalue weighted by molar-refractivity contribution is 5.74. The van der Waals surface area contributed by atoms with Crippen LogP contribution < -0.4 is 10.6 Å². The van der Waals surface area contributed by atoms with Crippen molar-refractivity contribution in [2.45, 2.75) is 26.2 Å². The summed E-state index contributed by atoms with van der Waals surface area (Å²) in [6.07, 6.45) is 5.31. The van der Waals surface area contributed by atoms with Crippen LogP contribution in [-0.2, 0) is 4.79 Å². The van der Waals surface area contributed by atoms with E-state index in [1.165, 1.54) is 0 Å². The predicted molar refractivity (Wildman–Crippen MR) is 57.7 cm³/mol. The molecule has 3 N–H and O–H groups in total. The smallest absolute Gasteiger partial charge is 0.315 e. The number of carbonyl (C=O) groups is 2. The Hall–Kier alpha value is -1.52. The highest BCUT2D eigenvalue weighted by Crippen LogP contribution is 1.85. The van der Waals surface area contributed by atoms with Crippen molar-refractivity contribution in [1.82, 2.24) is 10.6 Å². The minimum Gasteiger partial charge on any atom is -0.481 e. The topological polar surface area (TPSA) is 78.4 Å². The number of hydrogen-bond donors (Lipinski definition) is 3. The zero-order valence-electron chi connectivity index (χ0n) is 8.95. The first-order valence-electron chi connectivity index (χ1n) is 5.05. The third-order valence-corrected chi connectivity index (χ3v) is 1.64. The second-order valence-electron chi connectivity index (χ2n) is 3.01. The summed E-state index contributed by atoms with van der Waals surface area (Å²) in [4.78, 5) is 21.2. The Labute approximate surface area is 89.6 Å². The van der Waals surface area contributed by atoms with Crippen molar-refractivity contribution in [2.24, 2.45) is 0 Å². The van der Waals surface area contributed by atoms with Crippen LogP contribution in [-0.4, -0.2) is 30.2 Å². The molecule has 0 fully saturated rings. The molecule has 0 aliphatic rings. The van der Waals surface area contributed by atoms with Crippen molar-refractivity contribution < 1.29 is 14.7 Å². The SMILES string of the molecule is CC/C=C/CNC(=O)NCCCC(=O)O. The molecule has 0 atom stereocenters. The molecule has 0 aromatic rings. The molecular weight excluding hydrogens is 196 g/mol. The van der Waals surface area contributed by atoms with Crippen LogP contribution in [0.25, 0.3) is 0 Å². The van der Waals surface area contributed by atoms with Crippen molar-refractivity contribution >= 4 is 12.0 Å². The molecule has 0 spiro atoms. The molecule has 0 aromatic heterocycles. The minimum absolute atomic E-state index is 0.0794. The second kappa shape index (κ2) is 9.05. The molecule has 15 heavy (non-hydrogen) atoms. The Morgan fingerprint density at radius 3 is 2.60 bits per heavy atom. The van der Waals surface area contributed by atoms with E-state index in [4.69, 9.17) is 5.11 Å². The lowest BCUT2D eigenvalue weighted by Crippen LogP contribution is -2.36. The Bertz CT molecular complexity index is 227. The lowest BCUT2D eigenvalue weighted by molar-refractivity contribution is -0.137. The minimum atomic E-state index is -0.844. The van der Waals surface area contributed by atoms with Crippen molar-refractivity contribution in [1.29, 1.82) is 0 Å². The number of carbonyl (C=O) groups excluding carboxylic acids is 1. The summed E-state index contributed by atoms with van der Waals surface area (Å²) in [7, 11) is 0. The van der Waals surface area contributed by atoms with Gasteiger partial charge in [-0.2, -0.15) is 0 Å². The van der Waals surface area contributed by atoms with E-state index in [2.05, 4.69) is 10.6 Å².